The lowest BCUT2D eigenvalue weighted by atomic mass is 10.1. The average molecular weight is 489 g/mol. The molecule has 0 radical (unpaired) electrons. The molecule has 0 aliphatic rings. The van der Waals surface area contributed by atoms with E-state index in [1.54, 1.807) is 23.7 Å². The standard InChI is InChI=1S/C22H28N6O3S2/c1-5-6-8-17-11-13-19(14-12-17)28-22(24-25-26-28)32-16(2)21(29)23-18-9-7-10-20(15-18)33(30,31)27(3)4/h7,9-16H,5-6,8H2,1-4H3,(H,23,29). The van der Waals surface area contributed by atoms with E-state index in [0.29, 0.717) is 10.8 Å². The van der Waals surface area contributed by atoms with Crippen molar-refractivity contribution in [3.63, 3.8) is 0 Å². The monoisotopic (exact) mass is 488 g/mol. The number of aryl methyl sites for hydroxylation is 1. The minimum atomic E-state index is -3.59. The first-order valence-corrected chi connectivity index (χ1v) is 12.9. The molecule has 3 rings (SSSR count). The molecule has 0 saturated carbocycles. The fourth-order valence-corrected chi connectivity index (χ4v) is 4.76. The number of rotatable bonds is 10. The number of hydrogen-bond donors (Lipinski definition) is 1. The lowest BCUT2D eigenvalue weighted by Gasteiger charge is -2.14. The predicted octanol–water partition coefficient (Wildman–Crippen LogP) is 3.37. The van der Waals surface area contributed by atoms with Gasteiger partial charge in [0.05, 0.1) is 15.8 Å². The van der Waals surface area contributed by atoms with Gasteiger partial charge in [-0.1, -0.05) is 43.3 Å². The zero-order valence-electron chi connectivity index (χ0n) is 19.1. The quantitative estimate of drug-likeness (QED) is 0.436. The molecule has 33 heavy (non-hydrogen) atoms. The molecule has 176 valence electrons. The van der Waals surface area contributed by atoms with E-state index in [1.807, 2.05) is 12.1 Å². The molecule has 0 saturated heterocycles. The van der Waals surface area contributed by atoms with Crippen LogP contribution in [-0.2, 0) is 21.2 Å². The molecule has 1 atom stereocenters. The number of carbonyl (C=O) groups excluding carboxylic acids is 1. The first-order chi connectivity index (χ1) is 15.7. The smallest absolute Gasteiger partial charge is 0.242 e. The van der Waals surface area contributed by atoms with Crippen LogP contribution in [0, 0.1) is 0 Å². The molecule has 0 spiro atoms. The number of thioether (sulfide) groups is 1. The number of sulfonamides is 1. The second kappa shape index (κ2) is 10.9. The minimum absolute atomic E-state index is 0.108. The third-order valence-corrected chi connectivity index (χ3v) is 7.82. The highest BCUT2D eigenvalue weighted by Gasteiger charge is 2.21. The molecule has 1 heterocycles. The van der Waals surface area contributed by atoms with Crippen molar-refractivity contribution in [2.45, 2.75) is 48.4 Å². The van der Waals surface area contributed by atoms with Crippen molar-refractivity contribution in [2.24, 2.45) is 0 Å². The van der Waals surface area contributed by atoms with Gasteiger partial charge in [-0.15, -0.1) is 5.10 Å². The van der Waals surface area contributed by atoms with E-state index in [0.717, 1.165) is 29.3 Å². The second-order valence-electron chi connectivity index (χ2n) is 7.71. The lowest BCUT2D eigenvalue weighted by Crippen LogP contribution is -2.24. The zero-order valence-corrected chi connectivity index (χ0v) is 20.7. The maximum absolute atomic E-state index is 12.8. The number of nitrogens with zero attached hydrogens (tertiary/aromatic N) is 5. The van der Waals surface area contributed by atoms with Crippen LogP contribution < -0.4 is 5.32 Å². The molecule has 3 aromatic rings. The molecule has 9 nitrogen and oxygen atoms in total. The van der Waals surface area contributed by atoms with Crippen molar-refractivity contribution in [1.29, 1.82) is 0 Å². The van der Waals surface area contributed by atoms with E-state index in [4.69, 9.17) is 0 Å². The summed E-state index contributed by atoms with van der Waals surface area (Å²) in [6.45, 7) is 3.91. The summed E-state index contributed by atoms with van der Waals surface area (Å²) < 4.78 is 27.4. The van der Waals surface area contributed by atoms with Crippen LogP contribution in [0.15, 0.2) is 58.6 Å². The van der Waals surface area contributed by atoms with Crippen LogP contribution in [0.4, 0.5) is 5.69 Å². The largest absolute Gasteiger partial charge is 0.325 e. The van der Waals surface area contributed by atoms with Gasteiger partial charge in [0.2, 0.25) is 21.1 Å². The average Bonchev–Trinajstić information content (AvgIpc) is 3.26. The third-order valence-electron chi connectivity index (χ3n) is 4.97. The van der Waals surface area contributed by atoms with Crippen LogP contribution in [0.3, 0.4) is 0 Å². The Labute approximate surface area is 198 Å². The molecular formula is C22H28N6O3S2. The van der Waals surface area contributed by atoms with E-state index in [9.17, 15) is 13.2 Å². The van der Waals surface area contributed by atoms with Gasteiger partial charge < -0.3 is 5.32 Å². The Bertz CT molecular complexity index is 1190. The molecule has 11 heteroatoms. The number of hydrogen-bond acceptors (Lipinski definition) is 7. The van der Waals surface area contributed by atoms with Gasteiger partial charge in [0.25, 0.3) is 0 Å². The van der Waals surface area contributed by atoms with E-state index in [2.05, 4.69) is 39.9 Å². The summed E-state index contributed by atoms with van der Waals surface area (Å²) in [6.07, 6.45) is 3.31. The van der Waals surface area contributed by atoms with E-state index < -0.39 is 15.3 Å². The Morgan fingerprint density at radius 3 is 2.58 bits per heavy atom. The number of anilines is 1. The van der Waals surface area contributed by atoms with Crippen LogP contribution in [0.2, 0.25) is 0 Å². The molecule has 0 aliphatic carbocycles. The summed E-state index contributed by atoms with van der Waals surface area (Å²) >= 11 is 1.22. The second-order valence-corrected chi connectivity index (χ2v) is 11.2. The number of aromatic nitrogens is 4. The highest BCUT2D eigenvalue weighted by atomic mass is 32.2. The first-order valence-electron chi connectivity index (χ1n) is 10.6. The van der Waals surface area contributed by atoms with Crippen molar-refractivity contribution in [2.75, 3.05) is 19.4 Å². The lowest BCUT2D eigenvalue weighted by molar-refractivity contribution is -0.115. The molecule has 0 aliphatic heterocycles. The van der Waals surface area contributed by atoms with Gasteiger partial charge in [0.15, 0.2) is 0 Å². The summed E-state index contributed by atoms with van der Waals surface area (Å²) in [7, 11) is -0.673. The van der Waals surface area contributed by atoms with Crippen molar-refractivity contribution in [3.05, 3.63) is 54.1 Å². The topological polar surface area (TPSA) is 110 Å². The van der Waals surface area contributed by atoms with Crippen LogP contribution >= 0.6 is 11.8 Å². The maximum atomic E-state index is 12.8. The fourth-order valence-electron chi connectivity index (χ4n) is 3.00. The Kier molecular flexibility index (Phi) is 8.22. The SMILES string of the molecule is CCCCc1ccc(-n2nnnc2SC(C)C(=O)Nc2cccc(S(=O)(=O)N(C)C)c2)cc1. The fraction of sp³-hybridized carbons (Fsp3) is 0.364. The van der Waals surface area contributed by atoms with E-state index >= 15 is 0 Å². The van der Waals surface area contributed by atoms with Gasteiger partial charge in [-0.2, -0.15) is 4.68 Å². The maximum Gasteiger partial charge on any atom is 0.242 e. The number of unbranched alkanes of at least 4 members (excludes halogenated alkanes) is 1. The van der Waals surface area contributed by atoms with Crippen molar-refractivity contribution >= 4 is 33.4 Å². The van der Waals surface area contributed by atoms with Crippen molar-refractivity contribution in [1.82, 2.24) is 24.5 Å². The van der Waals surface area contributed by atoms with Gasteiger partial charge in [-0.25, -0.2) is 12.7 Å². The molecule has 1 unspecified atom stereocenters. The Morgan fingerprint density at radius 2 is 1.91 bits per heavy atom. The normalized spacial score (nSPS) is 12.6. The molecule has 0 fully saturated rings. The molecular weight excluding hydrogens is 460 g/mol. The number of carbonyl (C=O) groups is 1. The van der Waals surface area contributed by atoms with E-state index in [1.165, 1.54) is 43.6 Å². The molecule has 1 aromatic heterocycles. The summed E-state index contributed by atoms with van der Waals surface area (Å²) in [4.78, 5) is 12.9. The highest BCUT2D eigenvalue weighted by Crippen LogP contribution is 2.25. The summed E-state index contributed by atoms with van der Waals surface area (Å²) in [5.74, 6) is -0.288. The van der Waals surface area contributed by atoms with E-state index in [-0.39, 0.29) is 10.8 Å². The van der Waals surface area contributed by atoms with Gasteiger partial charge in [0.1, 0.15) is 0 Å². The van der Waals surface area contributed by atoms with Crippen LogP contribution in [0.5, 0.6) is 0 Å². The van der Waals surface area contributed by atoms with Crippen LogP contribution in [-0.4, -0.2) is 58.2 Å². The summed E-state index contributed by atoms with van der Waals surface area (Å²) in [5, 5.41) is 14.6. The van der Waals surface area contributed by atoms with Crippen molar-refractivity contribution < 1.29 is 13.2 Å². The van der Waals surface area contributed by atoms with Gasteiger partial charge in [-0.05, 0) is 66.1 Å². The first kappa shape index (κ1) is 24.9. The number of nitrogens with one attached hydrogen (secondary N) is 1. The highest BCUT2D eigenvalue weighted by molar-refractivity contribution is 8.00. The number of amides is 1. The molecule has 1 N–H and O–H groups in total. The minimum Gasteiger partial charge on any atom is -0.325 e. The van der Waals surface area contributed by atoms with Gasteiger partial charge in [0, 0.05) is 19.8 Å². The predicted molar refractivity (Wildman–Crippen MR) is 129 cm³/mol. The Morgan fingerprint density at radius 1 is 1.18 bits per heavy atom. The Balaban J connectivity index is 1.69. The Hall–Kier alpha value is -2.76. The van der Waals surface area contributed by atoms with Gasteiger partial charge in [-0.3, -0.25) is 4.79 Å². The van der Waals surface area contributed by atoms with Gasteiger partial charge >= 0.3 is 0 Å². The molecule has 2 aromatic carbocycles. The van der Waals surface area contributed by atoms with Crippen molar-refractivity contribution in [3.8, 4) is 5.69 Å². The number of benzene rings is 2. The third kappa shape index (κ3) is 6.18. The molecule has 1 amide bonds. The summed E-state index contributed by atoms with van der Waals surface area (Å²) in [6, 6.07) is 14.2. The number of tetrazole rings is 1. The summed E-state index contributed by atoms with van der Waals surface area (Å²) in [5.41, 5.74) is 2.48. The van der Waals surface area contributed by atoms with Crippen LogP contribution in [0.25, 0.3) is 5.69 Å². The van der Waals surface area contributed by atoms with Crippen LogP contribution in [0.1, 0.15) is 32.3 Å². The molecule has 0 bridgehead atoms. The zero-order chi connectivity index (χ0) is 24.0.